The maximum Gasteiger partial charge on any atom is 0.422 e. The number of aromatic amines is 1. The molecular formula is C21H25F3N2O3. The molecule has 1 aromatic carbocycles. The molecular weight excluding hydrogens is 385 g/mol. The van der Waals surface area contributed by atoms with Crippen molar-refractivity contribution in [2.75, 3.05) is 13.2 Å². The van der Waals surface area contributed by atoms with E-state index in [2.05, 4.69) is 15.0 Å². The third kappa shape index (κ3) is 5.31. The van der Waals surface area contributed by atoms with Crippen molar-refractivity contribution in [3.05, 3.63) is 35.5 Å². The van der Waals surface area contributed by atoms with Gasteiger partial charge in [0.05, 0.1) is 11.8 Å². The number of nitrogens with one attached hydrogen (secondary N) is 2. The molecule has 0 radical (unpaired) electrons. The van der Waals surface area contributed by atoms with E-state index >= 15 is 0 Å². The van der Waals surface area contributed by atoms with Gasteiger partial charge in [0.15, 0.2) is 6.61 Å². The van der Waals surface area contributed by atoms with Crippen molar-refractivity contribution in [3.8, 4) is 0 Å². The second kappa shape index (κ2) is 8.88. The van der Waals surface area contributed by atoms with Crippen LogP contribution in [0, 0.1) is 18.8 Å². The summed E-state index contributed by atoms with van der Waals surface area (Å²) in [5.41, 5.74) is 3.18. The van der Waals surface area contributed by atoms with Gasteiger partial charge in [-0.15, -0.1) is 0 Å². The first kappa shape index (κ1) is 21.2. The number of hydrogen-bond acceptors (Lipinski definition) is 3. The van der Waals surface area contributed by atoms with E-state index in [1.807, 2.05) is 31.2 Å². The molecule has 158 valence electrons. The number of rotatable bonds is 6. The highest BCUT2D eigenvalue weighted by atomic mass is 19.4. The molecule has 8 heteroatoms. The first-order valence-electron chi connectivity index (χ1n) is 9.83. The van der Waals surface area contributed by atoms with Gasteiger partial charge in [0.1, 0.15) is 0 Å². The summed E-state index contributed by atoms with van der Waals surface area (Å²) in [7, 11) is 0. The largest absolute Gasteiger partial charge is 0.456 e. The summed E-state index contributed by atoms with van der Waals surface area (Å²) in [6.07, 6.45) is -1.64. The molecule has 3 rings (SSSR count). The number of aromatic nitrogens is 1. The van der Waals surface area contributed by atoms with E-state index in [1.54, 1.807) is 0 Å². The summed E-state index contributed by atoms with van der Waals surface area (Å²) < 4.78 is 41.4. The van der Waals surface area contributed by atoms with Crippen molar-refractivity contribution in [1.82, 2.24) is 10.3 Å². The Morgan fingerprint density at radius 1 is 1.17 bits per heavy atom. The van der Waals surface area contributed by atoms with Crippen molar-refractivity contribution < 1.29 is 27.5 Å². The summed E-state index contributed by atoms with van der Waals surface area (Å²) >= 11 is 0. The number of benzene rings is 1. The van der Waals surface area contributed by atoms with Crippen LogP contribution in [0.25, 0.3) is 10.9 Å². The van der Waals surface area contributed by atoms with E-state index in [9.17, 15) is 22.8 Å². The predicted octanol–water partition coefficient (Wildman–Crippen LogP) is 4.05. The number of ether oxygens (including phenoxy) is 1. The van der Waals surface area contributed by atoms with Gasteiger partial charge in [-0.3, -0.25) is 9.59 Å². The van der Waals surface area contributed by atoms with Gasteiger partial charge in [0.2, 0.25) is 5.91 Å². The summed E-state index contributed by atoms with van der Waals surface area (Å²) in [5.74, 6) is -2.69. The molecule has 0 spiro atoms. The van der Waals surface area contributed by atoms with Crippen LogP contribution < -0.4 is 5.32 Å². The minimum absolute atomic E-state index is 0.295. The lowest BCUT2D eigenvalue weighted by Crippen LogP contribution is -2.41. The molecule has 29 heavy (non-hydrogen) atoms. The third-order valence-corrected chi connectivity index (χ3v) is 5.48. The fraction of sp³-hybridized carbons (Fsp3) is 0.524. The monoisotopic (exact) mass is 410 g/mol. The molecule has 2 N–H and O–H groups in total. The second-order valence-corrected chi connectivity index (χ2v) is 7.54. The Kier molecular flexibility index (Phi) is 6.49. The smallest absolute Gasteiger partial charge is 0.422 e. The van der Waals surface area contributed by atoms with Gasteiger partial charge in [-0.25, -0.2) is 0 Å². The van der Waals surface area contributed by atoms with E-state index in [0.29, 0.717) is 32.2 Å². The van der Waals surface area contributed by atoms with Crippen LogP contribution in [0.2, 0.25) is 0 Å². The molecule has 5 nitrogen and oxygen atoms in total. The van der Waals surface area contributed by atoms with Crippen LogP contribution in [0.5, 0.6) is 0 Å². The van der Waals surface area contributed by atoms with Gasteiger partial charge in [-0.2, -0.15) is 13.2 Å². The highest BCUT2D eigenvalue weighted by Crippen LogP contribution is 2.32. The number of aryl methyl sites for hydroxylation is 1. The molecule has 1 aliphatic rings. The molecule has 0 unspecified atom stereocenters. The average molecular weight is 410 g/mol. The van der Waals surface area contributed by atoms with E-state index in [-0.39, 0.29) is 5.91 Å². The zero-order valence-corrected chi connectivity index (χ0v) is 16.3. The Labute approximate surface area is 167 Å². The summed E-state index contributed by atoms with van der Waals surface area (Å²) in [6.45, 7) is 0.754. The van der Waals surface area contributed by atoms with Gasteiger partial charge in [-0.1, -0.05) is 31.0 Å². The Hall–Kier alpha value is -2.51. The van der Waals surface area contributed by atoms with Crippen LogP contribution in [-0.2, 0) is 20.7 Å². The van der Waals surface area contributed by atoms with Crippen LogP contribution >= 0.6 is 0 Å². The van der Waals surface area contributed by atoms with E-state index in [0.717, 1.165) is 28.6 Å². The van der Waals surface area contributed by atoms with Crippen molar-refractivity contribution in [2.45, 2.75) is 45.2 Å². The van der Waals surface area contributed by atoms with Crippen molar-refractivity contribution in [2.24, 2.45) is 11.8 Å². The van der Waals surface area contributed by atoms with Crippen molar-refractivity contribution >= 4 is 22.8 Å². The minimum atomic E-state index is -4.57. The van der Waals surface area contributed by atoms with E-state index in [1.165, 1.54) is 0 Å². The number of fused-ring (bicyclic) bond motifs is 1. The number of halogens is 3. The molecule has 1 saturated carbocycles. The van der Waals surface area contributed by atoms with Crippen LogP contribution in [0.4, 0.5) is 13.2 Å². The van der Waals surface area contributed by atoms with Crippen LogP contribution in [0.3, 0.4) is 0 Å². The number of amides is 1. The van der Waals surface area contributed by atoms with Crippen molar-refractivity contribution in [1.29, 1.82) is 0 Å². The third-order valence-electron chi connectivity index (χ3n) is 5.48. The van der Waals surface area contributed by atoms with Gasteiger partial charge in [-0.05, 0) is 37.8 Å². The normalized spacial score (nSPS) is 19.9. The Bertz CT molecular complexity index is 876. The molecule has 1 amide bonds. The molecule has 1 aliphatic carbocycles. The standard InChI is InChI=1S/C21H25F3N2O3/c1-13-14(15-6-4-5-9-18(15)26-13)10-11-25-19(27)16-7-2-3-8-17(16)20(28)29-12-21(22,23)24/h4-6,9,16-17,26H,2-3,7-8,10-12H2,1H3,(H,25,27)/t16-,17+/m0/s1. The summed E-state index contributed by atoms with van der Waals surface area (Å²) in [6, 6.07) is 7.91. The molecule has 1 heterocycles. The highest BCUT2D eigenvalue weighted by molar-refractivity contribution is 5.86. The SMILES string of the molecule is Cc1[nH]c2ccccc2c1CCNC(=O)[C@H]1CCCC[C@H]1C(=O)OCC(F)(F)F. The molecule has 2 atom stereocenters. The lowest BCUT2D eigenvalue weighted by atomic mass is 9.78. The number of esters is 1. The Balaban J connectivity index is 1.58. The molecule has 0 bridgehead atoms. The first-order chi connectivity index (χ1) is 13.8. The van der Waals surface area contributed by atoms with E-state index < -0.39 is 30.6 Å². The molecule has 0 saturated heterocycles. The topological polar surface area (TPSA) is 71.2 Å². The molecule has 2 aromatic rings. The zero-order chi connectivity index (χ0) is 21.0. The molecule has 1 aromatic heterocycles. The fourth-order valence-corrected chi connectivity index (χ4v) is 4.09. The van der Waals surface area contributed by atoms with Crippen LogP contribution in [0.1, 0.15) is 36.9 Å². The van der Waals surface area contributed by atoms with Crippen LogP contribution in [0.15, 0.2) is 24.3 Å². The maximum absolute atomic E-state index is 12.6. The summed E-state index contributed by atoms with van der Waals surface area (Å²) in [5, 5.41) is 3.96. The fourth-order valence-electron chi connectivity index (χ4n) is 4.09. The summed E-state index contributed by atoms with van der Waals surface area (Å²) in [4.78, 5) is 28.1. The number of H-pyrrole nitrogens is 1. The number of hydrogen-bond donors (Lipinski definition) is 2. The quantitative estimate of drug-likeness (QED) is 0.706. The Morgan fingerprint density at radius 2 is 1.86 bits per heavy atom. The molecule has 0 aliphatic heterocycles. The number of carbonyl (C=O) groups excluding carboxylic acids is 2. The van der Waals surface area contributed by atoms with Gasteiger partial charge in [0, 0.05) is 23.1 Å². The number of para-hydroxylation sites is 1. The second-order valence-electron chi connectivity index (χ2n) is 7.54. The predicted molar refractivity (Wildman–Crippen MR) is 102 cm³/mol. The zero-order valence-electron chi connectivity index (χ0n) is 16.3. The lowest BCUT2D eigenvalue weighted by Gasteiger charge is -2.29. The van der Waals surface area contributed by atoms with Gasteiger partial charge >= 0.3 is 12.1 Å². The van der Waals surface area contributed by atoms with Crippen molar-refractivity contribution in [3.63, 3.8) is 0 Å². The first-order valence-corrected chi connectivity index (χ1v) is 9.83. The van der Waals surface area contributed by atoms with Gasteiger partial charge < -0.3 is 15.0 Å². The number of carbonyl (C=O) groups is 2. The van der Waals surface area contributed by atoms with Gasteiger partial charge in [0.25, 0.3) is 0 Å². The van der Waals surface area contributed by atoms with E-state index in [4.69, 9.17) is 0 Å². The minimum Gasteiger partial charge on any atom is -0.456 e. The average Bonchev–Trinajstić information content (AvgIpc) is 3.01. The maximum atomic E-state index is 12.6. The highest BCUT2D eigenvalue weighted by Gasteiger charge is 2.38. The molecule has 1 fully saturated rings. The Morgan fingerprint density at radius 3 is 2.59 bits per heavy atom. The number of alkyl halides is 3. The van der Waals surface area contributed by atoms with Crippen LogP contribution in [-0.4, -0.2) is 36.2 Å². The lowest BCUT2D eigenvalue weighted by molar-refractivity contribution is -0.191.